The number of hydrogen-bond donors (Lipinski definition) is 0. The molecule has 0 spiro atoms. The number of ether oxygens (including phenoxy) is 1. The van der Waals surface area contributed by atoms with Gasteiger partial charge in [0.2, 0.25) is 0 Å². The van der Waals surface area contributed by atoms with E-state index < -0.39 is 23.8 Å². The van der Waals surface area contributed by atoms with Gasteiger partial charge in [0.15, 0.2) is 0 Å². The van der Waals surface area contributed by atoms with Gasteiger partial charge in [0.1, 0.15) is 0 Å². The number of halogens is 3. The standard InChI is InChI=1S/C39H41F3O.C2H2/c1-8-14-22-33-29(12-5)31-23-24-32-30(13-6)34(19-10-3)38(27(11-4)18-9-2,28-20-16-15-17-21-28)36(32)35(31)37(33,7)25-26-43-39(40,41)42;1-2/h8-24H,6,25-26H2,1-5,7H3;1-2H/b14-8-,18-9-,19-10-,27-11+,29-12-,33-22+;. The molecule has 1 nitrogen and oxygen atoms in total. The fourth-order valence-corrected chi connectivity index (χ4v) is 7.15. The second kappa shape index (κ2) is 14.6. The number of benzene rings is 2. The molecular weight excluding hydrogens is 565 g/mol. The third kappa shape index (κ3) is 6.02. The largest absolute Gasteiger partial charge is 0.522 e. The van der Waals surface area contributed by atoms with Gasteiger partial charge in [-0.2, -0.15) is 0 Å². The van der Waals surface area contributed by atoms with Gasteiger partial charge in [-0.25, -0.2) is 0 Å². The van der Waals surface area contributed by atoms with Crippen LogP contribution in [0.2, 0.25) is 0 Å². The van der Waals surface area contributed by atoms with E-state index in [1.54, 1.807) is 0 Å². The average Bonchev–Trinajstić information content (AvgIpc) is 3.45. The molecule has 2 aliphatic rings. The summed E-state index contributed by atoms with van der Waals surface area (Å²) >= 11 is 0. The summed E-state index contributed by atoms with van der Waals surface area (Å²) in [5.41, 5.74) is 8.97. The molecule has 2 unspecified atom stereocenters. The van der Waals surface area contributed by atoms with Crippen LogP contribution in [0.1, 0.15) is 75.8 Å². The van der Waals surface area contributed by atoms with Gasteiger partial charge >= 0.3 is 6.36 Å². The maximum Gasteiger partial charge on any atom is 0.522 e. The molecule has 0 heterocycles. The van der Waals surface area contributed by atoms with E-state index in [2.05, 4.69) is 85.7 Å². The first kappa shape index (κ1) is 35.2. The Morgan fingerprint density at radius 3 is 2.11 bits per heavy atom. The van der Waals surface area contributed by atoms with Crippen molar-refractivity contribution >= 4 is 11.1 Å². The van der Waals surface area contributed by atoms with Gasteiger partial charge in [0.25, 0.3) is 0 Å². The summed E-state index contributed by atoms with van der Waals surface area (Å²) in [7, 11) is 0. The molecule has 234 valence electrons. The molecule has 0 N–H and O–H groups in total. The molecule has 0 radical (unpaired) electrons. The zero-order valence-corrected chi connectivity index (χ0v) is 27.1. The molecule has 4 rings (SSSR count). The molecule has 4 heteroatoms. The first-order valence-electron chi connectivity index (χ1n) is 15.2. The lowest BCUT2D eigenvalue weighted by Gasteiger charge is -2.40. The minimum Gasteiger partial charge on any atom is -0.292 e. The van der Waals surface area contributed by atoms with Crippen molar-refractivity contribution < 1.29 is 17.9 Å². The van der Waals surface area contributed by atoms with Gasteiger partial charge in [-0.3, -0.25) is 4.74 Å². The highest BCUT2D eigenvalue weighted by atomic mass is 19.4. The van der Waals surface area contributed by atoms with E-state index in [1.807, 2.05) is 83.2 Å². The van der Waals surface area contributed by atoms with Crippen LogP contribution in [0.4, 0.5) is 13.2 Å². The monoisotopic (exact) mass is 608 g/mol. The van der Waals surface area contributed by atoms with Crippen LogP contribution in [0.25, 0.3) is 11.1 Å². The van der Waals surface area contributed by atoms with Crippen LogP contribution in [0.3, 0.4) is 0 Å². The van der Waals surface area contributed by atoms with Gasteiger partial charge in [0, 0.05) is 5.41 Å². The van der Waals surface area contributed by atoms with Crippen LogP contribution in [0.5, 0.6) is 0 Å². The maximum atomic E-state index is 13.3. The van der Waals surface area contributed by atoms with Crippen molar-refractivity contribution in [3.63, 3.8) is 0 Å². The summed E-state index contributed by atoms with van der Waals surface area (Å²) in [5.74, 6) is 0. The summed E-state index contributed by atoms with van der Waals surface area (Å²) in [5, 5.41) is 0. The zero-order valence-electron chi connectivity index (χ0n) is 27.1. The molecule has 0 fully saturated rings. The predicted octanol–water partition coefficient (Wildman–Crippen LogP) is 11.4. The van der Waals surface area contributed by atoms with Crippen LogP contribution in [0.15, 0.2) is 127 Å². The lowest BCUT2D eigenvalue weighted by Crippen LogP contribution is -2.35. The van der Waals surface area contributed by atoms with Crippen molar-refractivity contribution in [3.05, 3.63) is 154 Å². The lowest BCUT2D eigenvalue weighted by atomic mass is 9.62. The van der Waals surface area contributed by atoms with Crippen LogP contribution < -0.4 is 0 Å². The molecule has 2 aromatic carbocycles. The Morgan fingerprint density at radius 2 is 1.58 bits per heavy atom. The highest BCUT2D eigenvalue weighted by Gasteiger charge is 2.54. The Bertz CT molecular complexity index is 1640. The van der Waals surface area contributed by atoms with E-state index in [4.69, 9.17) is 0 Å². The van der Waals surface area contributed by atoms with E-state index in [0.29, 0.717) is 0 Å². The van der Waals surface area contributed by atoms with Crippen molar-refractivity contribution in [2.75, 3.05) is 6.61 Å². The van der Waals surface area contributed by atoms with Gasteiger partial charge < -0.3 is 0 Å². The average molecular weight is 609 g/mol. The fourth-order valence-electron chi connectivity index (χ4n) is 7.15. The molecule has 0 amide bonds. The first-order chi connectivity index (χ1) is 21.6. The molecular formula is C41H43F3O. The zero-order chi connectivity index (χ0) is 33.4. The Morgan fingerprint density at radius 1 is 0.911 bits per heavy atom. The summed E-state index contributed by atoms with van der Waals surface area (Å²) in [6.45, 7) is 15.9. The molecule has 0 aliphatic heterocycles. The minimum absolute atomic E-state index is 0.152. The Balaban J connectivity index is 0.00000271. The number of rotatable bonds is 9. The molecule has 2 aliphatic carbocycles. The highest BCUT2D eigenvalue weighted by Crippen LogP contribution is 2.63. The second-order valence-corrected chi connectivity index (χ2v) is 11.0. The number of alkyl halides is 3. The van der Waals surface area contributed by atoms with E-state index in [1.165, 1.54) is 0 Å². The lowest BCUT2D eigenvalue weighted by molar-refractivity contribution is -0.325. The van der Waals surface area contributed by atoms with Crippen molar-refractivity contribution in [2.24, 2.45) is 0 Å². The summed E-state index contributed by atoms with van der Waals surface area (Å²) in [4.78, 5) is 0. The third-order valence-corrected chi connectivity index (χ3v) is 8.74. The van der Waals surface area contributed by atoms with E-state index in [9.17, 15) is 13.2 Å². The second-order valence-electron chi connectivity index (χ2n) is 11.0. The Hall–Kier alpha value is -4.33. The van der Waals surface area contributed by atoms with Crippen LogP contribution in [-0.4, -0.2) is 13.0 Å². The number of allylic oxidation sites excluding steroid dienone is 15. The molecule has 45 heavy (non-hydrogen) atoms. The molecule has 0 saturated heterocycles. The summed E-state index contributed by atoms with van der Waals surface area (Å²) < 4.78 is 44.4. The highest BCUT2D eigenvalue weighted by molar-refractivity contribution is 5.98. The minimum atomic E-state index is -4.71. The SMILES string of the molecule is C#C.C=CC1=C(/C=C\C)C(C(/C=C\C)=C/C)(c2ccccc2)c2c1ccc1c2C(C)(CCOC(F)(F)F)C(=C/C=C\C)/C1=C\C. The molecule has 2 atom stereocenters. The van der Waals surface area contributed by atoms with Gasteiger partial charge in [-0.05, 0) is 96.7 Å². The van der Waals surface area contributed by atoms with Crippen LogP contribution in [-0.2, 0) is 15.6 Å². The van der Waals surface area contributed by atoms with E-state index in [-0.39, 0.29) is 6.42 Å². The van der Waals surface area contributed by atoms with Crippen molar-refractivity contribution in [1.82, 2.24) is 0 Å². The normalized spacial score (nSPS) is 23.3. The first-order valence-corrected chi connectivity index (χ1v) is 15.2. The maximum absolute atomic E-state index is 13.3. The quantitative estimate of drug-likeness (QED) is 0.203. The summed E-state index contributed by atoms with van der Waals surface area (Å²) in [6.07, 6.45) is 24.0. The van der Waals surface area contributed by atoms with Gasteiger partial charge in [-0.1, -0.05) is 117 Å². The van der Waals surface area contributed by atoms with Crippen LogP contribution in [0, 0.1) is 12.8 Å². The summed E-state index contributed by atoms with van der Waals surface area (Å²) in [6, 6.07) is 14.7. The Labute approximate surface area is 267 Å². The van der Waals surface area contributed by atoms with E-state index >= 15 is 0 Å². The van der Waals surface area contributed by atoms with Crippen LogP contribution >= 0.6 is 0 Å². The fraction of sp³-hybridized carbons (Fsp3) is 0.268. The predicted molar refractivity (Wildman–Crippen MR) is 185 cm³/mol. The number of terminal acetylenes is 1. The van der Waals surface area contributed by atoms with Gasteiger partial charge in [0.05, 0.1) is 12.0 Å². The molecule has 2 aromatic rings. The van der Waals surface area contributed by atoms with E-state index in [0.717, 1.165) is 55.7 Å². The number of hydrogen-bond acceptors (Lipinski definition) is 1. The van der Waals surface area contributed by atoms with Crippen molar-refractivity contribution in [3.8, 4) is 12.8 Å². The Kier molecular flexibility index (Phi) is 11.4. The third-order valence-electron chi connectivity index (χ3n) is 8.74. The molecule has 0 aromatic heterocycles. The molecule has 0 saturated carbocycles. The number of fused-ring (bicyclic) bond motifs is 3. The topological polar surface area (TPSA) is 9.23 Å². The smallest absolute Gasteiger partial charge is 0.292 e. The van der Waals surface area contributed by atoms with Gasteiger partial charge in [-0.15, -0.1) is 26.0 Å². The molecule has 0 bridgehead atoms. The van der Waals surface area contributed by atoms with Crippen molar-refractivity contribution in [1.29, 1.82) is 0 Å². The van der Waals surface area contributed by atoms with Crippen molar-refractivity contribution in [2.45, 2.75) is 65.2 Å².